The summed E-state index contributed by atoms with van der Waals surface area (Å²) < 4.78 is 5.08. The first-order chi connectivity index (χ1) is 9.81. The minimum atomic E-state index is -2.40. The number of rotatable bonds is 3. The molecule has 2 rings (SSSR count). The van der Waals surface area contributed by atoms with Gasteiger partial charge in [0.1, 0.15) is 24.4 Å². The number of benzene rings is 1. The van der Waals surface area contributed by atoms with Gasteiger partial charge in [-0.2, -0.15) is 0 Å². The highest BCUT2D eigenvalue weighted by Gasteiger charge is 2.53. The van der Waals surface area contributed by atoms with Crippen LogP contribution in [0.4, 0.5) is 5.69 Å². The van der Waals surface area contributed by atoms with E-state index >= 15 is 0 Å². The second kappa shape index (κ2) is 5.64. The third-order valence-electron chi connectivity index (χ3n) is 3.46. The minimum absolute atomic E-state index is 0.0509. The van der Waals surface area contributed by atoms with Crippen LogP contribution < -0.4 is 0 Å². The molecule has 0 bridgehead atoms. The van der Waals surface area contributed by atoms with Gasteiger partial charge in [-0.05, 0) is 12.1 Å². The van der Waals surface area contributed by atoms with Crippen molar-refractivity contribution in [3.63, 3.8) is 0 Å². The number of hydrogen-bond donors (Lipinski definition) is 5. The first-order valence-electron chi connectivity index (χ1n) is 6.11. The molecular weight excluding hydrogens is 286 g/mol. The van der Waals surface area contributed by atoms with Crippen molar-refractivity contribution < 1.29 is 35.2 Å². The lowest BCUT2D eigenvalue weighted by Gasteiger charge is -2.45. The Hall–Kier alpha value is -1.62. The molecule has 1 aliphatic heterocycles. The van der Waals surface area contributed by atoms with Gasteiger partial charge in [0, 0.05) is 17.7 Å². The summed E-state index contributed by atoms with van der Waals surface area (Å²) in [6.45, 7) is -0.694. The summed E-state index contributed by atoms with van der Waals surface area (Å²) in [5.41, 5.74) is -0.281. The topological polar surface area (TPSA) is 154 Å². The van der Waals surface area contributed by atoms with Gasteiger partial charge in [-0.25, -0.2) is 0 Å². The average molecular weight is 301 g/mol. The Kier molecular flexibility index (Phi) is 4.23. The zero-order valence-electron chi connectivity index (χ0n) is 10.7. The third-order valence-corrected chi connectivity index (χ3v) is 3.46. The van der Waals surface area contributed by atoms with E-state index < -0.39 is 41.7 Å². The van der Waals surface area contributed by atoms with E-state index in [-0.39, 0.29) is 11.3 Å². The number of hydrogen-bond acceptors (Lipinski definition) is 8. The number of nitro benzene ring substituents is 1. The molecule has 21 heavy (non-hydrogen) atoms. The van der Waals surface area contributed by atoms with E-state index in [2.05, 4.69) is 0 Å². The molecule has 0 aliphatic carbocycles. The maximum Gasteiger partial charge on any atom is 0.269 e. The lowest BCUT2D eigenvalue weighted by atomic mass is 9.88. The van der Waals surface area contributed by atoms with Crippen LogP contribution in [0.5, 0.6) is 0 Å². The van der Waals surface area contributed by atoms with Crippen molar-refractivity contribution in [3.8, 4) is 0 Å². The largest absolute Gasteiger partial charge is 0.394 e. The zero-order valence-corrected chi connectivity index (χ0v) is 10.7. The molecule has 1 fully saturated rings. The van der Waals surface area contributed by atoms with Gasteiger partial charge in [0.2, 0.25) is 5.79 Å². The third kappa shape index (κ3) is 2.62. The maximum atomic E-state index is 10.6. The van der Waals surface area contributed by atoms with Crippen LogP contribution in [0.25, 0.3) is 0 Å². The second-order valence-electron chi connectivity index (χ2n) is 4.77. The van der Waals surface area contributed by atoms with Gasteiger partial charge in [0.05, 0.1) is 11.5 Å². The number of nitro groups is 1. The Balaban J connectivity index is 2.37. The molecule has 116 valence electrons. The van der Waals surface area contributed by atoms with E-state index in [0.717, 1.165) is 24.3 Å². The molecule has 0 amide bonds. The Morgan fingerprint density at radius 1 is 1.19 bits per heavy atom. The van der Waals surface area contributed by atoms with Gasteiger partial charge in [-0.1, -0.05) is 0 Å². The number of nitrogens with zero attached hydrogens (tertiary/aromatic N) is 1. The fourth-order valence-corrected chi connectivity index (χ4v) is 2.21. The van der Waals surface area contributed by atoms with Crippen molar-refractivity contribution in [1.82, 2.24) is 0 Å². The molecule has 1 aromatic carbocycles. The van der Waals surface area contributed by atoms with Crippen LogP contribution in [0.1, 0.15) is 5.56 Å². The van der Waals surface area contributed by atoms with Gasteiger partial charge in [0.15, 0.2) is 0 Å². The fourth-order valence-electron chi connectivity index (χ4n) is 2.21. The molecular formula is C12H15NO8. The highest BCUT2D eigenvalue weighted by molar-refractivity contribution is 5.35. The normalized spacial score (nSPS) is 36.4. The molecule has 1 unspecified atom stereocenters. The quantitative estimate of drug-likeness (QED) is 0.324. The van der Waals surface area contributed by atoms with E-state index in [1.165, 1.54) is 0 Å². The molecule has 0 saturated carbocycles. The van der Waals surface area contributed by atoms with Crippen LogP contribution in [0.15, 0.2) is 24.3 Å². The molecule has 1 saturated heterocycles. The van der Waals surface area contributed by atoms with Gasteiger partial charge in [-0.3, -0.25) is 10.1 Å². The average Bonchev–Trinajstić information content (AvgIpc) is 2.49. The van der Waals surface area contributed by atoms with Crippen LogP contribution in [0, 0.1) is 10.1 Å². The van der Waals surface area contributed by atoms with Crippen molar-refractivity contribution in [2.45, 2.75) is 30.2 Å². The first-order valence-corrected chi connectivity index (χ1v) is 6.11. The molecule has 0 aromatic heterocycles. The van der Waals surface area contributed by atoms with Crippen LogP contribution in [0.2, 0.25) is 0 Å². The Labute approximate surface area is 118 Å². The predicted octanol–water partition coefficient (Wildman–Crippen LogP) is -1.79. The summed E-state index contributed by atoms with van der Waals surface area (Å²) in [4.78, 5) is 9.94. The summed E-state index contributed by atoms with van der Waals surface area (Å²) >= 11 is 0. The van der Waals surface area contributed by atoms with E-state index in [1.807, 2.05) is 0 Å². The van der Waals surface area contributed by atoms with Crippen LogP contribution in [-0.2, 0) is 10.5 Å². The first kappa shape index (κ1) is 15.8. The number of aliphatic hydroxyl groups is 5. The van der Waals surface area contributed by atoms with Crippen molar-refractivity contribution in [3.05, 3.63) is 39.9 Å². The van der Waals surface area contributed by atoms with E-state index in [9.17, 15) is 30.5 Å². The van der Waals surface area contributed by atoms with Gasteiger partial charge < -0.3 is 30.3 Å². The molecule has 9 nitrogen and oxygen atoms in total. The SMILES string of the molecule is O=[N+]([O-])c1ccc(C2(O)O[C@H](CO)[C@@H](O)[C@H](O)[C@H]2O)cc1. The zero-order chi connectivity index (χ0) is 15.8. The smallest absolute Gasteiger partial charge is 0.269 e. The van der Waals surface area contributed by atoms with Crippen LogP contribution >= 0.6 is 0 Å². The Morgan fingerprint density at radius 3 is 2.24 bits per heavy atom. The molecule has 0 radical (unpaired) electrons. The standard InChI is InChI=1S/C12H15NO8/c14-5-8-9(15)10(16)11(17)12(18,21-8)6-1-3-7(4-2-6)13(19)20/h1-4,8-11,14-18H,5H2/t8-,9-,10+,11-,12?/m1/s1. The molecule has 1 aliphatic rings. The molecule has 9 heteroatoms. The lowest BCUT2D eigenvalue weighted by molar-refractivity contribution is -0.385. The van der Waals surface area contributed by atoms with Crippen molar-refractivity contribution in [1.29, 1.82) is 0 Å². The summed E-state index contributed by atoms with van der Waals surface area (Å²) in [6, 6.07) is 4.49. The van der Waals surface area contributed by atoms with Gasteiger partial charge in [0.25, 0.3) is 5.69 Å². The molecule has 0 spiro atoms. The summed E-state index contributed by atoms with van der Waals surface area (Å²) in [6.07, 6.45) is -6.54. The predicted molar refractivity (Wildman–Crippen MR) is 67.0 cm³/mol. The number of non-ortho nitro benzene ring substituents is 1. The monoisotopic (exact) mass is 301 g/mol. The highest BCUT2D eigenvalue weighted by Crippen LogP contribution is 2.36. The van der Waals surface area contributed by atoms with Crippen molar-refractivity contribution in [2.75, 3.05) is 6.61 Å². The maximum absolute atomic E-state index is 10.6. The molecule has 1 aromatic rings. The molecule has 5 N–H and O–H groups in total. The summed E-state index contributed by atoms with van der Waals surface area (Å²) in [7, 11) is 0. The Bertz CT molecular complexity index is 518. The lowest BCUT2D eigenvalue weighted by Crippen LogP contribution is -2.63. The van der Waals surface area contributed by atoms with Crippen LogP contribution in [-0.4, -0.2) is 61.5 Å². The highest BCUT2D eigenvalue weighted by atomic mass is 16.7. The van der Waals surface area contributed by atoms with Crippen molar-refractivity contribution >= 4 is 5.69 Å². The van der Waals surface area contributed by atoms with Crippen molar-refractivity contribution in [2.24, 2.45) is 0 Å². The van der Waals surface area contributed by atoms with E-state index in [4.69, 9.17) is 9.84 Å². The minimum Gasteiger partial charge on any atom is -0.394 e. The van der Waals surface area contributed by atoms with E-state index in [0.29, 0.717) is 0 Å². The summed E-state index contributed by atoms with van der Waals surface area (Å²) in [5, 5.41) is 59.3. The van der Waals surface area contributed by atoms with Gasteiger partial charge >= 0.3 is 0 Å². The van der Waals surface area contributed by atoms with E-state index in [1.54, 1.807) is 0 Å². The Morgan fingerprint density at radius 2 is 1.76 bits per heavy atom. The summed E-state index contributed by atoms with van der Waals surface area (Å²) in [5.74, 6) is -2.40. The fraction of sp³-hybridized carbons (Fsp3) is 0.500. The second-order valence-corrected chi connectivity index (χ2v) is 4.77. The van der Waals surface area contributed by atoms with Gasteiger partial charge in [-0.15, -0.1) is 0 Å². The number of aliphatic hydroxyl groups excluding tert-OH is 4. The number of ether oxygens (including phenoxy) is 1. The molecule has 5 atom stereocenters. The van der Waals surface area contributed by atoms with Crippen LogP contribution in [0.3, 0.4) is 0 Å². The molecule has 1 heterocycles.